The van der Waals surface area contributed by atoms with Crippen molar-refractivity contribution in [1.82, 2.24) is 39.9 Å². The number of hydrogen-bond acceptors (Lipinski definition) is 9. The Morgan fingerprint density at radius 1 is 1.08 bits per heavy atom. The summed E-state index contributed by atoms with van der Waals surface area (Å²) in [5, 5.41) is 8.16. The molecule has 3 aliphatic rings. The predicted molar refractivity (Wildman–Crippen MR) is 178 cm³/mol. The van der Waals surface area contributed by atoms with Crippen molar-refractivity contribution in [1.29, 1.82) is 0 Å². The van der Waals surface area contributed by atoms with Crippen LogP contribution in [0.25, 0.3) is 39.1 Å². The lowest BCUT2D eigenvalue weighted by Crippen LogP contribution is -2.49. The van der Waals surface area contributed by atoms with Crippen LogP contribution in [0.5, 0.6) is 6.01 Å². The number of anilines is 1. The molecule has 3 saturated heterocycles. The van der Waals surface area contributed by atoms with E-state index in [9.17, 15) is 13.6 Å². The highest BCUT2D eigenvalue weighted by Gasteiger charge is 2.49. The second-order valence-electron chi connectivity index (χ2n) is 13.0. The summed E-state index contributed by atoms with van der Waals surface area (Å²) in [6.45, 7) is 4.24. The molecule has 0 aliphatic carbocycles. The van der Waals surface area contributed by atoms with Gasteiger partial charge in [-0.2, -0.15) is 15.1 Å². The second kappa shape index (κ2) is 12.4. The van der Waals surface area contributed by atoms with Gasteiger partial charge in [-0.3, -0.25) is 24.8 Å². The van der Waals surface area contributed by atoms with Crippen LogP contribution in [0.15, 0.2) is 54.7 Å². The number of fused-ring (bicyclic) bond motifs is 3. The van der Waals surface area contributed by atoms with Crippen LogP contribution in [0.4, 0.5) is 19.0 Å². The van der Waals surface area contributed by atoms with E-state index in [0.717, 1.165) is 41.9 Å². The Kier molecular flexibility index (Phi) is 7.89. The molecule has 5 aromatic rings. The minimum Gasteiger partial charge on any atom is -0.461 e. The number of aromatic amines is 1. The molecule has 0 spiro atoms. The standard InChI is InChI=1S/C35H34F3N9O2/c1-21-6-7-27-24(18-41-44-27)28(21)31-29(38)30-25(17-40-31)32(43-34(42-30)49-20-35-8-4-10-47(35)19-22(36)16-35)45-11-13-46(14-12-45)33(48)26(37)15-23-5-2-3-9-39-23/h2-3,5-7,9,15,17-18,22H,4,8,10-14,16,19-20H2,1H3,(H,41,44)/b26-15-/t22-,35+/m1/s1. The minimum atomic E-state index is -0.931. The van der Waals surface area contributed by atoms with Crippen molar-refractivity contribution in [3.63, 3.8) is 0 Å². The smallest absolute Gasteiger partial charge is 0.319 e. The van der Waals surface area contributed by atoms with E-state index in [1.54, 1.807) is 30.6 Å². The van der Waals surface area contributed by atoms with Gasteiger partial charge in [0.25, 0.3) is 5.91 Å². The van der Waals surface area contributed by atoms with E-state index >= 15 is 4.39 Å². The average molecular weight is 670 g/mol. The third-order valence-electron chi connectivity index (χ3n) is 9.98. The summed E-state index contributed by atoms with van der Waals surface area (Å²) >= 11 is 0. The summed E-state index contributed by atoms with van der Waals surface area (Å²) in [6, 6.07) is 8.78. The molecule has 3 fully saturated rings. The first-order chi connectivity index (χ1) is 23.8. The first-order valence-corrected chi connectivity index (χ1v) is 16.4. The normalized spacial score (nSPS) is 21.6. The molecule has 0 bridgehead atoms. The van der Waals surface area contributed by atoms with Gasteiger partial charge < -0.3 is 14.5 Å². The number of H-pyrrole nitrogens is 1. The first kappa shape index (κ1) is 31.2. The maximum Gasteiger partial charge on any atom is 0.319 e. The van der Waals surface area contributed by atoms with Crippen LogP contribution in [-0.4, -0.2) is 103 Å². The van der Waals surface area contributed by atoms with Crippen molar-refractivity contribution in [3.8, 4) is 17.3 Å². The lowest BCUT2D eigenvalue weighted by molar-refractivity contribution is -0.128. The van der Waals surface area contributed by atoms with Crippen molar-refractivity contribution < 1.29 is 22.7 Å². The van der Waals surface area contributed by atoms with Gasteiger partial charge in [-0.1, -0.05) is 12.1 Å². The molecular formula is C35H34F3N9O2. The summed E-state index contributed by atoms with van der Waals surface area (Å²) in [7, 11) is 0. The van der Waals surface area contributed by atoms with Crippen LogP contribution < -0.4 is 9.64 Å². The number of halogens is 3. The van der Waals surface area contributed by atoms with Crippen LogP contribution in [0.1, 0.15) is 30.5 Å². The Morgan fingerprint density at radius 3 is 2.76 bits per heavy atom. The number of piperazine rings is 1. The Balaban J connectivity index is 1.13. The van der Waals surface area contributed by atoms with E-state index in [1.165, 1.54) is 11.1 Å². The summed E-state index contributed by atoms with van der Waals surface area (Å²) in [6.07, 6.45) is 7.03. The Labute approximate surface area is 279 Å². The molecule has 1 N–H and O–H groups in total. The van der Waals surface area contributed by atoms with E-state index in [0.29, 0.717) is 48.5 Å². The zero-order valence-corrected chi connectivity index (χ0v) is 26.9. The molecule has 8 rings (SSSR count). The zero-order chi connectivity index (χ0) is 33.7. The third-order valence-corrected chi connectivity index (χ3v) is 9.98. The number of ether oxygens (including phenoxy) is 1. The number of alkyl halides is 1. The lowest BCUT2D eigenvalue weighted by atomic mass is 9.95. The summed E-state index contributed by atoms with van der Waals surface area (Å²) in [4.78, 5) is 36.4. The number of amides is 1. The number of carbonyl (C=O) groups excluding carboxylic acids is 1. The minimum absolute atomic E-state index is 0.0248. The van der Waals surface area contributed by atoms with E-state index in [-0.39, 0.29) is 36.9 Å². The highest BCUT2D eigenvalue weighted by atomic mass is 19.1. The van der Waals surface area contributed by atoms with Crippen molar-refractivity contribution in [2.24, 2.45) is 0 Å². The average Bonchev–Trinajstić information content (AvgIpc) is 3.82. The molecule has 4 aromatic heterocycles. The first-order valence-electron chi connectivity index (χ1n) is 16.4. The molecule has 3 aliphatic heterocycles. The molecule has 0 radical (unpaired) electrons. The third kappa shape index (κ3) is 5.63. The van der Waals surface area contributed by atoms with E-state index in [4.69, 9.17) is 9.72 Å². The van der Waals surface area contributed by atoms with Crippen LogP contribution in [0.3, 0.4) is 0 Å². The molecular weight excluding hydrogens is 635 g/mol. The zero-order valence-electron chi connectivity index (χ0n) is 26.9. The summed E-state index contributed by atoms with van der Waals surface area (Å²) in [5.74, 6) is -1.88. The fraction of sp³-hybridized carbons (Fsp3) is 0.371. The van der Waals surface area contributed by atoms with Gasteiger partial charge in [0.1, 0.15) is 29.8 Å². The van der Waals surface area contributed by atoms with Gasteiger partial charge in [0, 0.05) is 68.6 Å². The van der Waals surface area contributed by atoms with Crippen LogP contribution in [-0.2, 0) is 4.79 Å². The highest BCUT2D eigenvalue weighted by Crippen LogP contribution is 2.41. The number of aromatic nitrogens is 6. The molecule has 0 unspecified atom stereocenters. The number of nitrogens with one attached hydrogen (secondary N) is 1. The second-order valence-corrected chi connectivity index (χ2v) is 13.0. The van der Waals surface area contributed by atoms with Gasteiger partial charge in [-0.25, -0.2) is 13.2 Å². The highest BCUT2D eigenvalue weighted by molar-refractivity contribution is 5.99. The van der Waals surface area contributed by atoms with Crippen LogP contribution >= 0.6 is 0 Å². The van der Waals surface area contributed by atoms with Gasteiger partial charge in [0.2, 0.25) is 0 Å². The van der Waals surface area contributed by atoms with Crippen LogP contribution in [0, 0.1) is 12.7 Å². The molecule has 14 heteroatoms. The molecule has 1 amide bonds. The van der Waals surface area contributed by atoms with Crippen molar-refractivity contribution >= 4 is 39.6 Å². The van der Waals surface area contributed by atoms with Crippen molar-refractivity contribution in [3.05, 3.63) is 71.8 Å². The van der Waals surface area contributed by atoms with Gasteiger partial charge in [0.15, 0.2) is 11.6 Å². The number of pyridine rings is 2. The molecule has 0 saturated carbocycles. The fourth-order valence-corrected chi connectivity index (χ4v) is 7.52. The van der Waals surface area contributed by atoms with Gasteiger partial charge in [0.05, 0.1) is 28.3 Å². The number of rotatable bonds is 7. The maximum atomic E-state index is 16.7. The van der Waals surface area contributed by atoms with Crippen molar-refractivity contribution in [2.75, 3.05) is 50.8 Å². The predicted octanol–water partition coefficient (Wildman–Crippen LogP) is 5.03. The Hall–Kier alpha value is -5.11. The monoisotopic (exact) mass is 669 g/mol. The van der Waals surface area contributed by atoms with Crippen molar-refractivity contribution in [2.45, 2.75) is 37.9 Å². The SMILES string of the molecule is Cc1ccc2[nH]ncc2c1-c1ncc2c(N3CCN(C(=O)/C(F)=C/c4ccccn4)CC3)nc(OC[C@@]34CCCN3C[C@H](F)C4)nc2c1F. The fourth-order valence-electron chi connectivity index (χ4n) is 7.52. The molecule has 7 heterocycles. The molecule has 252 valence electrons. The lowest BCUT2D eigenvalue weighted by Gasteiger charge is -2.35. The molecule has 1 aromatic carbocycles. The quantitative estimate of drug-likeness (QED) is 0.239. The van der Waals surface area contributed by atoms with Gasteiger partial charge in [-0.05, 0) is 50.1 Å². The van der Waals surface area contributed by atoms with Gasteiger partial charge >= 0.3 is 6.01 Å². The number of carbonyl (C=O) groups is 1. The topological polar surface area (TPSA) is 116 Å². The van der Waals surface area contributed by atoms with Gasteiger partial charge in [-0.15, -0.1) is 0 Å². The molecule has 11 nitrogen and oxygen atoms in total. The largest absolute Gasteiger partial charge is 0.461 e. The number of aryl methyl sites for hydroxylation is 1. The van der Waals surface area contributed by atoms with E-state index in [1.807, 2.05) is 24.0 Å². The number of nitrogens with zero attached hydrogens (tertiary/aromatic N) is 8. The summed E-state index contributed by atoms with van der Waals surface area (Å²) in [5.41, 5.74) is 2.21. The van der Waals surface area contributed by atoms with Crippen LogP contribution in [0.2, 0.25) is 0 Å². The Morgan fingerprint density at radius 2 is 1.94 bits per heavy atom. The molecule has 2 atom stereocenters. The van der Waals surface area contributed by atoms with E-state index in [2.05, 4.69) is 30.0 Å². The summed E-state index contributed by atoms with van der Waals surface area (Å²) < 4.78 is 52.3. The Bertz CT molecular complexity index is 2080. The number of hydrogen-bond donors (Lipinski definition) is 1. The molecule has 49 heavy (non-hydrogen) atoms. The van der Waals surface area contributed by atoms with E-state index < -0.39 is 29.3 Å². The maximum absolute atomic E-state index is 16.7. The number of benzene rings is 1.